The van der Waals surface area contributed by atoms with Gasteiger partial charge in [0, 0.05) is 23.6 Å². The van der Waals surface area contributed by atoms with Crippen molar-refractivity contribution in [2.75, 3.05) is 6.54 Å². The van der Waals surface area contributed by atoms with Gasteiger partial charge >= 0.3 is 0 Å². The summed E-state index contributed by atoms with van der Waals surface area (Å²) in [4.78, 5) is 0. The van der Waals surface area contributed by atoms with Crippen LogP contribution in [0.5, 0.6) is 0 Å². The maximum Gasteiger partial charge on any atom is 0.123 e. The van der Waals surface area contributed by atoms with E-state index >= 15 is 0 Å². The monoisotopic (exact) mass is 282 g/mol. The molecule has 3 heteroatoms. The van der Waals surface area contributed by atoms with Crippen molar-refractivity contribution in [1.29, 1.82) is 0 Å². The summed E-state index contributed by atoms with van der Waals surface area (Å²) in [6.07, 6.45) is 4.24. The van der Waals surface area contributed by atoms with E-state index in [2.05, 4.69) is 35.0 Å². The van der Waals surface area contributed by atoms with E-state index in [4.69, 9.17) is 5.73 Å². The summed E-state index contributed by atoms with van der Waals surface area (Å²) in [5.41, 5.74) is 8.71. The summed E-state index contributed by atoms with van der Waals surface area (Å²) < 4.78 is 15.6. The number of hydrogen-bond acceptors (Lipinski definition) is 1. The van der Waals surface area contributed by atoms with Crippen LogP contribution in [0.3, 0.4) is 0 Å². The predicted octanol–water partition coefficient (Wildman–Crippen LogP) is 4.19. The Hall–Kier alpha value is -2.13. The van der Waals surface area contributed by atoms with E-state index in [1.54, 1.807) is 12.1 Å². The standard InChI is InChI=1S/C18H19FN2/c19-17-5-3-4-14(13-17)15-6-7-18-16(12-15)8-11-21(18)10-2-1-9-20/h3-8,11-13H,1-2,9-10,20H2. The topological polar surface area (TPSA) is 30.9 Å². The maximum absolute atomic E-state index is 13.3. The highest BCUT2D eigenvalue weighted by molar-refractivity contribution is 5.85. The van der Waals surface area contributed by atoms with Gasteiger partial charge in [0.05, 0.1) is 0 Å². The molecule has 0 atom stereocenters. The van der Waals surface area contributed by atoms with Gasteiger partial charge in [-0.05, 0) is 60.8 Å². The Bertz CT molecular complexity index is 746. The molecule has 0 bridgehead atoms. The summed E-state index contributed by atoms with van der Waals surface area (Å²) >= 11 is 0. The van der Waals surface area contributed by atoms with Crippen LogP contribution >= 0.6 is 0 Å². The second kappa shape index (κ2) is 6.10. The zero-order chi connectivity index (χ0) is 14.7. The van der Waals surface area contributed by atoms with Gasteiger partial charge in [0.2, 0.25) is 0 Å². The lowest BCUT2D eigenvalue weighted by Crippen LogP contribution is -2.02. The first-order valence-electron chi connectivity index (χ1n) is 7.33. The number of nitrogens with two attached hydrogens (primary N) is 1. The molecule has 0 saturated heterocycles. The summed E-state index contributed by atoms with van der Waals surface area (Å²) in [5.74, 6) is -0.202. The molecular formula is C18H19FN2. The van der Waals surface area contributed by atoms with Crippen LogP contribution in [0.4, 0.5) is 4.39 Å². The van der Waals surface area contributed by atoms with E-state index in [0.29, 0.717) is 0 Å². The van der Waals surface area contributed by atoms with Gasteiger partial charge in [-0.1, -0.05) is 18.2 Å². The number of unbranched alkanes of at least 4 members (excludes halogenated alkanes) is 1. The van der Waals surface area contributed by atoms with Crippen LogP contribution in [0.2, 0.25) is 0 Å². The Kier molecular flexibility index (Phi) is 4.02. The van der Waals surface area contributed by atoms with Gasteiger partial charge in [-0.2, -0.15) is 0 Å². The summed E-state index contributed by atoms with van der Waals surface area (Å²) in [5, 5.41) is 1.18. The smallest absolute Gasteiger partial charge is 0.123 e. The van der Waals surface area contributed by atoms with Crippen LogP contribution in [-0.4, -0.2) is 11.1 Å². The van der Waals surface area contributed by atoms with Crippen molar-refractivity contribution in [2.45, 2.75) is 19.4 Å². The molecule has 108 valence electrons. The number of benzene rings is 2. The molecule has 0 amide bonds. The first-order valence-corrected chi connectivity index (χ1v) is 7.33. The molecule has 0 unspecified atom stereocenters. The van der Waals surface area contributed by atoms with Crippen molar-refractivity contribution in [3.8, 4) is 11.1 Å². The molecule has 2 nitrogen and oxygen atoms in total. The normalized spacial score (nSPS) is 11.1. The van der Waals surface area contributed by atoms with Crippen LogP contribution in [-0.2, 0) is 6.54 Å². The van der Waals surface area contributed by atoms with Crippen molar-refractivity contribution in [2.24, 2.45) is 5.73 Å². The van der Waals surface area contributed by atoms with E-state index in [9.17, 15) is 4.39 Å². The Labute approximate surface area is 124 Å². The predicted molar refractivity (Wildman–Crippen MR) is 85.6 cm³/mol. The van der Waals surface area contributed by atoms with Crippen LogP contribution in [0, 0.1) is 5.82 Å². The first kappa shape index (κ1) is 13.8. The number of aromatic nitrogens is 1. The van der Waals surface area contributed by atoms with E-state index in [-0.39, 0.29) is 5.82 Å². The molecule has 0 aliphatic carbocycles. The Morgan fingerprint density at radius 2 is 1.81 bits per heavy atom. The third kappa shape index (κ3) is 2.98. The fourth-order valence-electron chi connectivity index (χ4n) is 2.67. The van der Waals surface area contributed by atoms with Crippen molar-refractivity contribution >= 4 is 10.9 Å². The van der Waals surface area contributed by atoms with Crippen molar-refractivity contribution in [3.63, 3.8) is 0 Å². The molecule has 1 aromatic heterocycles. The van der Waals surface area contributed by atoms with Crippen molar-refractivity contribution < 1.29 is 4.39 Å². The summed E-state index contributed by atoms with van der Waals surface area (Å²) in [7, 11) is 0. The molecule has 2 aromatic carbocycles. The van der Waals surface area contributed by atoms with Crippen molar-refractivity contribution in [3.05, 3.63) is 60.5 Å². The second-order valence-corrected chi connectivity index (χ2v) is 5.29. The van der Waals surface area contributed by atoms with Gasteiger partial charge in [-0.25, -0.2) is 4.39 Å². The largest absolute Gasteiger partial charge is 0.347 e. The van der Waals surface area contributed by atoms with Crippen LogP contribution in [0.1, 0.15) is 12.8 Å². The average molecular weight is 282 g/mol. The molecule has 0 spiro atoms. The van der Waals surface area contributed by atoms with E-state index < -0.39 is 0 Å². The van der Waals surface area contributed by atoms with Crippen LogP contribution < -0.4 is 5.73 Å². The summed E-state index contributed by atoms with van der Waals surface area (Å²) in [6, 6.07) is 15.1. The molecule has 0 aliphatic heterocycles. The fourth-order valence-corrected chi connectivity index (χ4v) is 2.67. The highest BCUT2D eigenvalue weighted by Gasteiger charge is 2.04. The lowest BCUT2D eigenvalue weighted by molar-refractivity contribution is 0.628. The van der Waals surface area contributed by atoms with Gasteiger partial charge in [0.1, 0.15) is 5.82 Å². The minimum Gasteiger partial charge on any atom is -0.347 e. The summed E-state index contributed by atoms with van der Waals surface area (Å²) in [6.45, 7) is 1.73. The Morgan fingerprint density at radius 1 is 0.952 bits per heavy atom. The Balaban J connectivity index is 1.91. The molecule has 0 radical (unpaired) electrons. The zero-order valence-corrected chi connectivity index (χ0v) is 11.9. The molecule has 1 heterocycles. The second-order valence-electron chi connectivity index (χ2n) is 5.29. The van der Waals surface area contributed by atoms with Crippen LogP contribution in [0.25, 0.3) is 22.0 Å². The Morgan fingerprint density at radius 3 is 2.62 bits per heavy atom. The highest BCUT2D eigenvalue weighted by atomic mass is 19.1. The molecular weight excluding hydrogens is 263 g/mol. The third-order valence-electron chi connectivity index (χ3n) is 3.78. The van der Waals surface area contributed by atoms with Gasteiger partial charge in [0.15, 0.2) is 0 Å². The minimum atomic E-state index is -0.202. The molecule has 21 heavy (non-hydrogen) atoms. The number of halogens is 1. The van der Waals surface area contributed by atoms with E-state index in [0.717, 1.165) is 37.1 Å². The lowest BCUT2D eigenvalue weighted by Gasteiger charge is -2.06. The molecule has 0 fully saturated rings. The molecule has 2 N–H and O–H groups in total. The van der Waals surface area contributed by atoms with Gasteiger partial charge in [-0.15, -0.1) is 0 Å². The van der Waals surface area contributed by atoms with Gasteiger partial charge < -0.3 is 10.3 Å². The highest BCUT2D eigenvalue weighted by Crippen LogP contribution is 2.25. The van der Waals surface area contributed by atoms with Gasteiger partial charge in [-0.3, -0.25) is 0 Å². The third-order valence-corrected chi connectivity index (χ3v) is 3.78. The molecule has 3 aromatic rings. The average Bonchev–Trinajstić information content (AvgIpc) is 2.90. The quantitative estimate of drug-likeness (QED) is 0.699. The van der Waals surface area contributed by atoms with E-state index in [1.807, 2.05) is 6.07 Å². The fraction of sp³-hybridized carbons (Fsp3) is 0.222. The van der Waals surface area contributed by atoms with Crippen LogP contribution in [0.15, 0.2) is 54.7 Å². The van der Waals surface area contributed by atoms with E-state index in [1.165, 1.54) is 17.0 Å². The van der Waals surface area contributed by atoms with Crippen molar-refractivity contribution in [1.82, 2.24) is 4.57 Å². The number of aryl methyl sites for hydroxylation is 1. The molecule has 0 aliphatic rings. The number of hydrogen-bond donors (Lipinski definition) is 1. The minimum absolute atomic E-state index is 0.202. The lowest BCUT2D eigenvalue weighted by atomic mass is 10.0. The zero-order valence-electron chi connectivity index (χ0n) is 11.9. The number of rotatable bonds is 5. The van der Waals surface area contributed by atoms with Gasteiger partial charge in [0.25, 0.3) is 0 Å². The number of nitrogens with zero attached hydrogens (tertiary/aromatic N) is 1. The molecule has 3 rings (SSSR count). The SMILES string of the molecule is NCCCCn1ccc2cc(-c3cccc(F)c3)ccc21. The number of fused-ring (bicyclic) bond motifs is 1. The maximum atomic E-state index is 13.3. The molecule has 0 saturated carbocycles. The first-order chi connectivity index (χ1) is 10.3.